The molecule has 0 spiro atoms. The Balaban J connectivity index is 1.83. The van der Waals surface area contributed by atoms with Crippen LogP contribution in [0.2, 0.25) is 0 Å². The third-order valence-electron chi connectivity index (χ3n) is 6.44. The van der Waals surface area contributed by atoms with Gasteiger partial charge in [0, 0.05) is 13.0 Å². The molecule has 6 atom stereocenters. The van der Waals surface area contributed by atoms with E-state index in [9.17, 15) is 38.1 Å². The van der Waals surface area contributed by atoms with Gasteiger partial charge in [0.2, 0.25) is 11.8 Å². The number of rotatable bonds is 3. The molecule has 0 radical (unpaired) electrons. The molecule has 1 aromatic carbocycles. The Hall–Kier alpha value is -2.52. The lowest BCUT2D eigenvalue weighted by Gasteiger charge is -2.37. The van der Waals surface area contributed by atoms with Crippen LogP contribution in [-0.2, 0) is 20.5 Å². The van der Waals surface area contributed by atoms with Crippen LogP contribution in [-0.4, -0.2) is 57.2 Å². The molecule has 3 fully saturated rings. The molecule has 3 aliphatic rings. The van der Waals surface area contributed by atoms with Gasteiger partial charge < -0.3 is 20.1 Å². The predicted molar refractivity (Wildman–Crippen MR) is 91.6 cm³/mol. The number of hydrogen-bond donors (Lipinski definition) is 3. The smallest absolute Gasteiger partial charge is 0.396 e. The minimum absolute atomic E-state index is 0.254. The number of halogens is 3. The Kier molecular flexibility index (Phi) is 4.32. The average Bonchev–Trinajstić information content (AvgIpc) is 3.18. The molecule has 30 heavy (non-hydrogen) atoms. The zero-order chi connectivity index (χ0) is 22.2. The Labute approximate surface area is 168 Å². The summed E-state index contributed by atoms with van der Waals surface area (Å²) in [4.78, 5) is 26.9. The van der Waals surface area contributed by atoms with Gasteiger partial charge in [-0.05, 0) is 25.1 Å². The fourth-order valence-electron chi connectivity index (χ4n) is 5.13. The first kappa shape index (κ1) is 20.7. The van der Waals surface area contributed by atoms with Crippen LogP contribution in [0.5, 0.6) is 0 Å². The van der Waals surface area contributed by atoms with Crippen molar-refractivity contribution >= 4 is 17.5 Å². The van der Waals surface area contributed by atoms with Crippen molar-refractivity contribution in [3.05, 3.63) is 29.3 Å². The molecule has 160 valence electrons. The number of ether oxygens (including phenoxy) is 1. The second-order valence-electron chi connectivity index (χ2n) is 7.91. The summed E-state index contributed by atoms with van der Waals surface area (Å²) in [6.07, 6.45) is -8.25. The second-order valence-corrected chi connectivity index (χ2v) is 7.91. The van der Waals surface area contributed by atoms with E-state index in [0.717, 1.165) is 12.1 Å². The summed E-state index contributed by atoms with van der Waals surface area (Å²) in [5.74, 6) is -4.31. The number of aliphatic hydroxyl groups is 3. The van der Waals surface area contributed by atoms with Gasteiger partial charge in [-0.1, -0.05) is 0 Å². The van der Waals surface area contributed by atoms with Crippen LogP contribution in [0.4, 0.5) is 18.9 Å². The number of hydrogen-bond acceptors (Lipinski definition) is 7. The maximum absolute atomic E-state index is 13.3. The third-order valence-corrected chi connectivity index (χ3v) is 6.44. The minimum Gasteiger partial charge on any atom is -0.396 e. The van der Waals surface area contributed by atoms with E-state index in [1.54, 1.807) is 0 Å². The lowest BCUT2D eigenvalue weighted by Crippen LogP contribution is -2.58. The van der Waals surface area contributed by atoms with Crippen LogP contribution in [0.1, 0.15) is 24.5 Å². The van der Waals surface area contributed by atoms with Gasteiger partial charge in [-0.3, -0.25) is 9.59 Å². The molecule has 0 saturated carbocycles. The standard InChI is InChI=1S/C19H17F3N2O6/c1-17-11-12(18(30-17,4-5-25)14(27)13(17)26)16(29)24(15(11)28)9-3-2-8(7-23)10(6-9)19(20,21)22/h2-3,6,11-14,25-27H,4-5H2,1H3/t11-,12+,13-,14+,17+,18-/m1/s1. The van der Waals surface area contributed by atoms with Crippen molar-refractivity contribution in [1.82, 2.24) is 0 Å². The second kappa shape index (κ2) is 6.24. The Morgan fingerprint density at radius 2 is 1.83 bits per heavy atom. The monoisotopic (exact) mass is 426 g/mol. The van der Waals surface area contributed by atoms with Crippen LogP contribution in [0.3, 0.4) is 0 Å². The molecule has 3 heterocycles. The number of amides is 2. The van der Waals surface area contributed by atoms with Gasteiger partial charge in [-0.25, -0.2) is 4.90 Å². The van der Waals surface area contributed by atoms with Crippen LogP contribution < -0.4 is 4.90 Å². The summed E-state index contributed by atoms with van der Waals surface area (Å²) in [7, 11) is 0. The van der Waals surface area contributed by atoms with Gasteiger partial charge in [-0.2, -0.15) is 18.4 Å². The normalized spacial score (nSPS) is 37.6. The van der Waals surface area contributed by atoms with Crippen molar-refractivity contribution in [2.45, 2.75) is 42.9 Å². The van der Waals surface area contributed by atoms with E-state index >= 15 is 0 Å². The van der Waals surface area contributed by atoms with E-state index in [1.807, 2.05) is 0 Å². The first-order valence-electron chi connectivity index (χ1n) is 9.10. The molecule has 1 aromatic rings. The number of aliphatic hydroxyl groups excluding tert-OH is 3. The highest BCUT2D eigenvalue weighted by Crippen LogP contribution is 2.62. The highest BCUT2D eigenvalue weighted by molar-refractivity contribution is 6.23. The van der Waals surface area contributed by atoms with Gasteiger partial charge >= 0.3 is 6.18 Å². The fraction of sp³-hybridized carbons (Fsp3) is 0.526. The van der Waals surface area contributed by atoms with Gasteiger partial charge in [-0.15, -0.1) is 0 Å². The van der Waals surface area contributed by atoms with E-state index in [4.69, 9.17) is 10.00 Å². The molecule has 4 rings (SSSR count). The van der Waals surface area contributed by atoms with Crippen LogP contribution in [0.15, 0.2) is 18.2 Å². The van der Waals surface area contributed by atoms with Gasteiger partial charge in [0.1, 0.15) is 23.4 Å². The number of anilines is 1. The van der Waals surface area contributed by atoms with Crippen molar-refractivity contribution in [1.29, 1.82) is 5.26 Å². The first-order chi connectivity index (χ1) is 13.9. The largest absolute Gasteiger partial charge is 0.417 e. The molecular formula is C19H17F3N2O6. The van der Waals surface area contributed by atoms with E-state index in [2.05, 4.69) is 0 Å². The van der Waals surface area contributed by atoms with E-state index in [0.29, 0.717) is 11.0 Å². The number of nitriles is 1. The van der Waals surface area contributed by atoms with Gasteiger partial charge in [0.15, 0.2) is 0 Å². The Morgan fingerprint density at radius 1 is 1.20 bits per heavy atom. The highest BCUT2D eigenvalue weighted by atomic mass is 19.4. The van der Waals surface area contributed by atoms with Gasteiger partial charge in [0.05, 0.1) is 34.7 Å². The molecule has 8 nitrogen and oxygen atoms in total. The van der Waals surface area contributed by atoms with Gasteiger partial charge in [0.25, 0.3) is 0 Å². The van der Waals surface area contributed by atoms with E-state index in [1.165, 1.54) is 13.0 Å². The quantitative estimate of drug-likeness (QED) is 0.594. The summed E-state index contributed by atoms with van der Waals surface area (Å²) >= 11 is 0. The van der Waals surface area contributed by atoms with Crippen LogP contribution in [0.25, 0.3) is 0 Å². The lowest BCUT2D eigenvalue weighted by molar-refractivity contribution is -0.139. The minimum atomic E-state index is -4.89. The van der Waals surface area contributed by atoms with Crippen LogP contribution in [0, 0.1) is 23.2 Å². The number of carbonyl (C=O) groups excluding carboxylic acids is 2. The molecule has 0 aromatic heterocycles. The van der Waals surface area contributed by atoms with Crippen molar-refractivity contribution in [2.24, 2.45) is 11.8 Å². The first-order valence-corrected chi connectivity index (χ1v) is 9.10. The van der Waals surface area contributed by atoms with Crippen molar-refractivity contribution in [2.75, 3.05) is 11.5 Å². The molecule has 3 N–H and O–H groups in total. The van der Waals surface area contributed by atoms with Crippen molar-refractivity contribution in [3.63, 3.8) is 0 Å². The number of fused-ring (bicyclic) bond motifs is 5. The molecule has 0 unspecified atom stereocenters. The Bertz CT molecular complexity index is 991. The third kappa shape index (κ3) is 2.36. The molecule has 2 amide bonds. The molecule has 2 bridgehead atoms. The van der Waals surface area contributed by atoms with Crippen LogP contribution >= 0.6 is 0 Å². The van der Waals surface area contributed by atoms with E-state index in [-0.39, 0.29) is 12.1 Å². The SMILES string of the molecule is C[C@]12O[C@](CCO)([C@@H]3C(=O)N(c4ccc(C#N)c(C(F)(F)F)c4)C(=O)[C@@H]31)[C@@H](O)[C@H]2O. The zero-order valence-electron chi connectivity index (χ0n) is 15.6. The summed E-state index contributed by atoms with van der Waals surface area (Å²) in [6.45, 7) is 0.832. The molecule has 11 heteroatoms. The average molecular weight is 426 g/mol. The summed E-state index contributed by atoms with van der Waals surface area (Å²) in [5.41, 5.74) is -5.73. The maximum Gasteiger partial charge on any atom is 0.417 e. The Morgan fingerprint density at radius 3 is 2.40 bits per heavy atom. The maximum atomic E-state index is 13.3. The number of benzene rings is 1. The lowest BCUT2D eigenvalue weighted by atomic mass is 9.64. The van der Waals surface area contributed by atoms with Crippen molar-refractivity contribution < 1.29 is 42.8 Å². The van der Waals surface area contributed by atoms with E-state index < -0.39 is 71.0 Å². The summed E-state index contributed by atoms with van der Waals surface area (Å²) in [5, 5.41) is 39.3. The number of alkyl halides is 3. The number of imide groups is 1. The molecule has 3 saturated heterocycles. The topological polar surface area (TPSA) is 131 Å². The highest BCUT2D eigenvalue weighted by Gasteiger charge is 2.80. The molecule has 0 aliphatic carbocycles. The molecular weight excluding hydrogens is 409 g/mol. The fourth-order valence-corrected chi connectivity index (χ4v) is 5.13. The van der Waals surface area contributed by atoms with Crippen molar-refractivity contribution in [3.8, 4) is 6.07 Å². The summed E-state index contributed by atoms with van der Waals surface area (Å²) in [6, 6.07) is 3.90. The predicted octanol–water partition coefficient (Wildman–Crippen LogP) is 0.328. The number of nitrogens with zero attached hydrogens (tertiary/aromatic N) is 2. The summed E-state index contributed by atoms with van der Waals surface area (Å²) < 4.78 is 45.8. The molecule has 3 aliphatic heterocycles. The zero-order valence-corrected chi connectivity index (χ0v) is 15.6. The number of carbonyl (C=O) groups is 2.